The molecular weight excluding hydrogens is 396 g/mol. The van der Waals surface area contributed by atoms with E-state index in [-0.39, 0.29) is 13.0 Å². The highest BCUT2D eigenvalue weighted by atomic mass is 16.4. The average Bonchev–Trinajstić information content (AvgIpc) is 3.06. The highest BCUT2D eigenvalue weighted by Gasteiger charge is 2.22. The number of benzene rings is 1. The van der Waals surface area contributed by atoms with Crippen LogP contribution in [0, 0.1) is 6.92 Å². The van der Waals surface area contributed by atoms with Crippen molar-refractivity contribution in [3.8, 4) is 0 Å². The van der Waals surface area contributed by atoms with E-state index in [0.29, 0.717) is 17.3 Å². The second-order valence-corrected chi connectivity index (χ2v) is 7.83. The lowest BCUT2D eigenvalue weighted by atomic mass is 10.1. The molecule has 8 heteroatoms. The molecule has 0 saturated carbocycles. The Bertz CT molecular complexity index is 1430. The van der Waals surface area contributed by atoms with Crippen molar-refractivity contribution in [3.63, 3.8) is 0 Å². The number of hydrogen-bond acceptors (Lipinski definition) is 4. The van der Waals surface area contributed by atoms with Crippen molar-refractivity contribution in [2.24, 2.45) is 7.05 Å². The molecule has 3 heterocycles. The molecule has 0 unspecified atom stereocenters. The molecule has 0 saturated heterocycles. The van der Waals surface area contributed by atoms with Gasteiger partial charge in [-0.05, 0) is 36.6 Å². The lowest BCUT2D eigenvalue weighted by Gasteiger charge is -2.19. The minimum absolute atomic E-state index is 0.255. The van der Waals surface area contributed by atoms with E-state index >= 15 is 0 Å². The Morgan fingerprint density at radius 1 is 1.19 bits per heavy atom. The Morgan fingerprint density at radius 2 is 1.97 bits per heavy atom. The summed E-state index contributed by atoms with van der Waals surface area (Å²) in [7, 11) is 1.96. The first-order chi connectivity index (χ1) is 14.8. The summed E-state index contributed by atoms with van der Waals surface area (Å²) >= 11 is 0. The van der Waals surface area contributed by atoms with Crippen LogP contribution in [0.4, 0.5) is 0 Å². The molecule has 1 N–H and O–H groups in total. The maximum Gasteiger partial charge on any atom is 0.332 e. The molecule has 1 aromatic carbocycles. The third-order valence-electron chi connectivity index (χ3n) is 5.85. The number of carbonyl (C=O) groups is 1. The molecule has 8 nitrogen and oxygen atoms in total. The van der Waals surface area contributed by atoms with Gasteiger partial charge in [0.2, 0.25) is 0 Å². The van der Waals surface area contributed by atoms with Crippen LogP contribution in [0.3, 0.4) is 0 Å². The Labute approximate surface area is 178 Å². The van der Waals surface area contributed by atoms with Crippen LogP contribution in [0.5, 0.6) is 0 Å². The van der Waals surface area contributed by atoms with Gasteiger partial charge in [0.05, 0.1) is 29.9 Å². The van der Waals surface area contributed by atoms with Gasteiger partial charge in [-0.1, -0.05) is 19.1 Å². The van der Waals surface area contributed by atoms with Gasteiger partial charge in [-0.3, -0.25) is 23.7 Å². The van der Waals surface area contributed by atoms with Gasteiger partial charge < -0.3 is 9.67 Å². The van der Waals surface area contributed by atoms with Crippen LogP contribution in [-0.4, -0.2) is 29.8 Å². The molecule has 0 aliphatic carbocycles. The number of hydrogen-bond donors (Lipinski definition) is 1. The first-order valence-electron chi connectivity index (χ1n) is 10.2. The van der Waals surface area contributed by atoms with Gasteiger partial charge in [0.1, 0.15) is 0 Å². The fourth-order valence-electron chi connectivity index (χ4n) is 4.35. The lowest BCUT2D eigenvalue weighted by Crippen LogP contribution is -2.43. The SMILES string of the molecule is CC[C@H](CC(=O)O)n1c(=O)c2cnccc2n(Cc2cn(C)c3cccc(C)c23)c1=O. The molecule has 3 aromatic heterocycles. The second-order valence-electron chi connectivity index (χ2n) is 7.83. The molecular formula is C23H24N4O4. The van der Waals surface area contributed by atoms with Gasteiger partial charge in [0.25, 0.3) is 5.56 Å². The maximum absolute atomic E-state index is 13.5. The van der Waals surface area contributed by atoms with Gasteiger partial charge in [-0.15, -0.1) is 0 Å². The first-order valence-corrected chi connectivity index (χ1v) is 10.2. The van der Waals surface area contributed by atoms with Crippen molar-refractivity contribution >= 4 is 27.8 Å². The number of aromatic nitrogens is 4. The van der Waals surface area contributed by atoms with E-state index in [9.17, 15) is 19.5 Å². The van der Waals surface area contributed by atoms with Gasteiger partial charge >= 0.3 is 11.7 Å². The van der Waals surface area contributed by atoms with E-state index < -0.39 is 23.3 Å². The fourth-order valence-corrected chi connectivity index (χ4v) is 4.35. The molecule has 0 radical (unpaired) electrons. The smallest absolute Gasteiger partial charge is 0.332 e. The van der Waals surface area contributed by atoms with Crippen molar-refractivity contribution in [1.29, 1.82) is 0 Å². The van der Waals surface area contributed by atoms with Crippen LogP contribution < -0.4 is 11.2 Å². The predicted octanol–water partition coefficient (Wildman–Crippen LogP) is 2.83. The lowest BCUT2D eigenvalue weighted by molar-refractivity contribution is -0.138. The standard InChI is InChI=1S/C23H24N4O4/c1-4-16(10-20(28)29)27-22(30)17-11-24-9-8-18(17)26(23(27)31)13-15-12-25(3)19-7-5-6-14(2)21(15)19/h5-9,11-12,16H,4,10,13H2,1-3H3,(H,28,29)/t16-/m1/s1. The Balaban J connectivity index is 2.00. The van der Waals surface area contributed by atoms with Crippen molar-refractivity contribution in [3.05, 3.63) is 74.8 Å². The van der Waals surface area contributed by atoms with E-state index in [4.69, 9.17) is 0 Å². The summed E-state index contributed by atoms with van der Waals surface area (Å²) in [5, 5.41) is 10.6. The summed E-state index contributed by atoms with van der Waals surface area (Å²) in [6.45, 7) is 4.05. The van der Waals surface area contributed by atoms with Crippen molar-refractivity contribution in [2.75, 3.05) is 0 Å². The Hall–Kier alpha value is -3.68. The number of aryl methyl sites for hydroxylation is 2. The molecule has 4 rings (SSSR count). The second kappa shape index (κ2) is 7.86. The number of carboxylic acids is 1. The summed E-state index contributed by atoms with van der Waals surface area (Å²) in [5.74, 6) is -1.05. The number of pyridine rings is 1. The highest BCUT2D eigenvalue weighted by molar-refractivity contribution is 5.87. The largest absolute Gasteiger partial charge is 0.481 e. The summed E-state index contributed by atoms with van der Waals surface area (Å²) in [6.07, 6.45) is 5.02. The van der Waals surface area contributed by atoms with Crippen molar-refractivity contribution < 1.29 is 9.90 Å². The van der Waals surface area contributed by atoms with Crippen LogP contribution in [0.2, 0.25) is 0 Å². The van der Waals surface area contributed by atoms with Gasteiger partial charge in [-0.2, -0.15) is 0 Å². The molecule has 0 aliphatic rings. The van der Waals surface area contributed by atoms with Gasteiger partial charge in [0, 0.05) is 36.5 Å². The molecule has 0 aliphatic heterocycles. The van der Waals surface area contributed by atoms with E-state index in [0.717, 1.165) is 26.6 Å². The van der Waals surface area contributed by atoms with E-state index in [1.165, 1.54) is 6.20 Å². The number of aliphatic carboxylic acids is 1. The number of carboxylic acid groups (broad SMARTS) is 1. The number of nitrogens with zero attached hydrogens (tertiary/aromatic N) is 4. The zero-order valence-electron chi connectivity index (χ0n) is 17.7. The van der Waals surface area contributed by atoms with Crippen LogP contribution in [0.15, 0.2) is 52.4 Å². The van der Waals surface area contributed by atoms with Crippen LogP contribution >= 0.6 is 0 Å². The molecule has 31 heavy (non-hydrogen) atoms. The van der Waals surface area contributed by atoms with E-state index in [2.05, 4.69) is 4.98 Å². The predicted molar refractivity (Wildman–Crippen MR) is 119 cm³/mol. The summed E-state index contributed by atoms with van der Waals surface area (Å²) in [5.41, 5.74) is 2.57. The number of fused-ring (bicyclic) bond motifs is 2. The molecule has 0 amide bonds. The molecule has 160 valence electrons. The molecule has 0 spiro atoms. The zero-order valence-corrected chi connectivity index (χ0v) is 17.7. The third-order valence-corrected chi connectivity index (χ3v) is 5.85. The topological polar surface area (TPSA) is 99.1 Å². The van der Waals surface area contributed by atoms with Crippen LogP contribution in [0.25, 0.3) is 21.8 Å². The monoisotopic (exact) mass is 420 g/mol. The van der Waals surface area contributed by atoms with Crippen molar-refractivity contribution in [2.45, 2.75) is 39.3 Å². The van der Waals surface area contributed by atoms with E-state index in [1.807, 2.05) is 42.9 Å². The summed E-state index contributed by atoms with van der Waals surface area (Å²) in [6, 6.07) is 6.96. The minimum atomic E-state index is -1.05. The molecule has 1 atom stereocenters. The van der Waals surface area contributed by atoms with Crippen LogP contribution in [0.1, 0.15) is 36.9 Å². The highest BCUT2D eigenvalue weighted by Crippen LogP contribution is 2.25. The first kappa shape index (κ1) is 20.6. The summed E-state index contributed by atoms with van der Waals surface area (Å²) in [4.78, 5) is 42.1. The van der Waals surface area contributed by atoms with Crippen molar-refractivity contribution in [1.82, 2.24) is 18.7 Å². The Morgan fingerprint density at radius 3 is 2.68 bits per heavy atom. The zero-order chi connectivity index (χ0) is 22.3. The molecule has 0 bridgehead atoms. The average molecular weight is 420 g/mol. The fraction of sp³-hybridized carbons (Fsp3) is 0.304. The van der Waals surface area contributed by atoms with Gasteiger partial charge in [-0.25, -0.2) is 4.79 Å². The Kier molecular flexibility index (Phi) is 5.22. The maximum atomic E-state index is 13.5. The van der Waals surface area contributed by atoms with Gasteiger partial charge in [0.15, 0.2) is 0 Å². The van der Waals surface area contributed by atoms with E-state index in [1.54, 1.807) is 23.8 Å². The number of rotatable bonds is 6. The molecule has 4 aromatic rings. The van der Waals surface area contributed by atoms with Crippen LogP contribution in [-0.2, 0) is 18.4 Å². The normalized spacial score (nSPS) is 12.5. The summed E-state index contributed by atoms with van der Waals surface area (Å²) < 4.78 is 4.64. The minimum Gasteiger partial charge on any atom is -0.481 e. The molecule has 0 fully saturated rings. The third kappa shape index (κ3) is 3.43. The quantitative estimate of drug-likeness (QED) is 0.517.